The van der Waals surface area contributed by atoms with Gasteiger partial charge in [-0.2, -0.15) is 0 Å². The van der Waals surface area contributed by atoms with Gasteiger partial charge >= 0.3 is 5.97 Å². The van der Waals surface area contributed by atoms with Gasteiger partial charge in [0.2, 0.25) is 0 Å². The first-order valence-electron chi connectivity index (χ1n) is 9.34. The van der Waals surface area contributed by atoms with E-state index in [0.717, 1.165) is 16.7 Å². The molecule has 0 spiro atoms. The zero-order valence-electron chi connectivity index (χ0n) is 16.4. The molecule has 0 N–H and O–H groups in total. The SMILES string of the molecule is COC(=O)C(c1ccc(Cl)cc1)N1CCN(C(=O)c2cc(C)cc(C)c2)CC1. The summed E-state index contributed by atoms with van der Waals surface area (Å²) in [5, 5.41) is 0.622. The molecule has 2 aromatic carbocycles. The quantitative estimate of drug-likeness (QED) is 0.735. The predicted molar refractivity (Wildman–Crippen MR) is 110 cm³/mol. The minimum absolute atomic E-state index is 0.0348. The van der Waals surface area contributed by atoms with E-state index in [9.17, 15) is 9.59 Å². The van der Waals surface area contributed by atoms with E-state index in [1.807, 2.05) is 43.0 Å². The average molecular weight is 401 g/mol. The fourth-order valence-electron chi connectivity index (χ4n) is 3.72. The molecule has 6 heteroatoms. The van der Waals surface area contributed by atoms with Gasteiger partial charge in [0, 0.05) is 36.8 Å². The molecule has 1 unspecified atom stereocenters. The number of methoxy groups -OCH3 is 1. The van der Waals surface area contributed by atoms with Crippen molar-refractivity contribution >= 4 is 23.5 Å². The first kappa shape index (κ1) is 20.4. The van der Waals surface area contributed by atoms with Crippen LogP contribution in [0.25, 0.3) is 0 Å². The molecule has 0 radical (unpaired) electrons. The van der Waals surface area contributed by atoms with Crippen LogP contribution in [0.15, 0.2) is 42.5 Å². The van der Waals surface area contributed by atoms with Gasteiger partial charge in [0.05, 0.1) is 7.11 Å². The number of hydrogen-bond donors (Lipinski definition) is 0. The molecule has 148 valence electrons. The van der Waals surface area contributed by atoms with Gasteiger partial charge in [-0.15, -0.1) is 0 Å². The molecule has 0 aliphatic carbocycles. The Morgan fingerprint density at radius 1 is 0.964 bits per heavy atom. The van der Waals surface area contributed by atoms with Gasteiger partial charge in [-0.3, -0.25) is 9.69 Å². The van der Waals surface area contributed by atoms with Crippen molar-refractivity contribution in [2.75, 3.05) is 33.3 Å². The maximum absolute atomic E-state index is 12.9. The highest BCUT2D eigenvalue weighted by Gasteiger charge is 2.32. The summed E-state index contributed by atoms with van der Waals surface area (Å²) in [7, 11) is 1.39. The summed E-state index contributed by atoms with van der Waals surface area (Å²) in [6, 6.07) is 12.6. The van der Waals surface area contributed by atoms with Gasteiger partial charge in [0.25, 0.3) is 5.91 Å². The largest absolute Gasteiger partial charge is 0.468 e. The van der Waals surface area contributed by atoms with Crippen molar-refractivity contribution in [2.24, 2.45) is 0 Å². The van der Waals surface area contributed by atoms with E-state index < -0.39 is 6.04 Å². The zero-order valence-corrected chi connectivity index (χ0v) is 17.2. The number of nitrogens with zero attached hydrogens (tertiary/aromatic N) is 2. The van der Waals surface area contributed by atoms with Crippen LogP contribution in [0, 0.1) is 13.8 Å². The number of hydrogen-bond acceptors (Lipinski definition) is 4. The lowest BCUT2D eigenvalue weighted by atomic mass is 10.0. The normalized spacial score (nSPS) is 15.9. The molecular weight excluding hydrogens is 376 g/mol. The van der Waals surface area contributed by atoms with Crippen LogP contribution in [0.3, 0.4) is 0 Å². The third kappa shape index (κ3) is 4.54. The molecule has 1 aliphatic heterocycles. The molecule has 1 fully saturated rings. The van der Waals surface area contributed by atoms with Crippen LogP contribution in [0.5, 0.6) is 0 Å². The fourth-order valence-corrected chi connectivity index (χ4v) is 3.84. The summed E-state index contributed by atoms with van der Waals surface area (Å²) in [5.74, 6) is -0.274. The van der Waals surface area contributed by atoms with Gasteiger partial charge in [-0.25, -0.2) is 4.79 Å². The van der Waals surface area contributed by atoms with Crippen LogP contribution in [-0.2, 0) is 9.53 Å². The van der Waals surface area contributed by atoms with E-state index in [1.54, 1.807) is 12.1 Å². The summed E-state index contributed by atoms with van der Waals surface area (Å²) in [4.78, 5) is 29.2. The number of carbonyl (C=O) groups excluding carboxylic acids is 2. The number of ether oxygens (including phenoxy) is 1. The lowest BCUT2D eigenvalue weighted by Crippen LogP contribution is -2.51. The molecule has 0 aromatic heterocycles. The molecule has 1 heterocycles. The summed E-state index contributed by atoms with van der Waals surface area (Å²) in [6.07, 6.45) is 0. The number of benzene rings is 2. The van der Waals surface area contributed by atoms with E-state index in [4.69, 9.17) is 16.3 Å². The topological polar surface area (TPSA) is 49.9 Å². The maximum Gasteiger partial charge on any atom is 0.327 e. The van der Waals surface area contributed by atoms with Crippen LogP contribution >= 0.6 is 11.6 Å². The van der Waals surface area contributed by atoms with Crippen molar-refractivity contribution in [1.29, 1.82) is 0 Å². The first-order valence-corrected chi connectivity index (χ1v) is 9.72. The highest BCUT2D eigenvalue weighted by atomic mass is 35.5. The van der Waals surface area contributed by atoms with Crippen molar-refractivity contribution in [3.8, 4) is 0 Å². The lowest BCUT2D eigenvalue weighted by molar-refractivity contribution is -0.148. The summed E-state index contributed by atoms with van der Waals surface area (Å²) >= 11 is 5.98. The van der Waals surface area contributed by atoms with E-state index >= 15 is 0 Å². The Bertz CT molecular complexity index is 838. The molecule has 1 aliphatic rings. The minimum Gasteiger partial charge on any atom is -0.468 e. The van der Waals surface area contributed by atoms with Gasteiger partial charge in [0.1, 0.15) is 6.04 Å². The third-order valence-electron chi connectivity index (χ3n) is 5.05. The number of esters is 1. The lowest BCUT2D eigenvalue weighted by Gasteiger charge is -2.38. The Morgan fingerprint density at radius 3 is 2.07 bits per heavy atom. The summed E-state index contributed by atoms with van der Waals surface area (Å²) in [5.41, 5.74) is 3.71. The Morgan fingerprint density at radius 2 is 1.54 bits per heavy atom. The number of aryl methyl sites for hydroxylation is 2. The van der Waals surface area contributed by atoms with E-state index in [-0.39, 0.29) is 11.9 Å². The molecule has 28 heavy (non-hydrogen) atoms. The molecule has 1 amide bonds. The molecule has 3 rings (SSSR count). The maximum atomic E-state index is 12.9. The summed E-state index contributed by atoms with van der Waals surface area (Å²) in [6.45, 7) is 6.31. The first-order chi connectivity index (χ1) is 13.4. The Labute approximate surface area is 170 Å². The van der Waals surface area contributed by atoms with E-state index in [0.29, 0.717) is 36.8 Å². The Kier molecular flexibility index (Phi) is 6.37. The fraction of sp³-hybridized carbons (Fsp3) is 0.364. The van der Waals surface area contributed by atoms with Crippen molar-refractivity contribution < 1.29 is 14.3 Å². The molecule has 1 atom stereocenters. The van der Waals surface area contributed by atoms with Crippen LogP contribution in [0.2, 0.25) is 5.02 Å². The van der Waals surface area contributed by atoms with Gasteiger partial charge in [0.15, 0.2) is 0 Å². The smallest absolute Gasteiger partial charge is 0.327 e. The molecular formula is C22H25ClN2O3. The molecule has 0 bridgehead atoms. The Balaban J connectivity index is 1.72. The van der Waals surface area contributed by atoms with Gasteiger partial charge in [-0.1, -0.05) is 40.9 Å². The minimum atomic E-state index is -0.499. The van der Waals surface area contributed by atoms with Gasteiger partial charge < -0.3 is 9.64 Å². The molecule has 2 aromatic rings. The highest BCUT2D eigenvalue weighted by Crippen LogP contribution is 2.25. The molecule has 5 nitrogen and oxygen atoms in total. The molecule has 0 saturated carbocycles. The van der Waals surface area contributed by atoms with Crippen molar-refractivity contribution in [3.05, 3.63) is 69.7 Å². The third-order valence-corrected chi connectivity index (χ3v) is 5.30. The standard InChI is InChI=1S/C22H25ClN2O3/c1-15-12-16(2)14-18(13-15)21(26)25-10-8-24(9-11-25)20(22(27)28-3)17-4-6-19(23)7-5-17/h4-7,12-14,20H,8-11H2,1-3H3. The number of carbonyl (C=O) groups is 2. The average Bonchev–Trinajstić information content (AvgIpc) is 2.68. The van der Waals surface area contributed by atoms with Crippen molar-refractivity contribution in [1.82, 2.24) is 9.80 Å². The monoisotopic (exact) mass is 400 g/mol. The van der Waals surface area contributed by atoms with Crippen LogP contribution < -0.4 is 0 Å². The second-order valence-corrected chi connectivity index (χ2v) is 7.62. The Hall–Kier alpha value is -2.37. The number of rotatable bonds is 4. The zero-order chi connectivity index (χ0) is 20.3. The van der Waals surface area contributed by atoms with E-state index in [1.165, 1.54) is 7.11 Å². The number of amides is 1. The van der Waals surface area contributed by atoms with Crippen molar-refractivity contribution in [2.45, 2.75) is 19.9 Å². The molecule has 1 saturated heterocycles. The van der Waals surface area contributed by atoms with Crippen LogP contribution in [0.1, 0.15) is 33.1 Å². The predicted octanol–water partition coefficient (Wildman–Crippen LogP) is 3.63. The second-order valence-electron chi connectivity index (χ2n) is 7.18. The number of halogens is 1. The van der Waals surface area contributed by atoms with Gasteiger partial charge in [-0.05, 0) is 43.7 Å². The van der Waals surface area contributed by atoms with E-state index in [2.05, 4.69) is 11.0 Å². The van der Waals surface area contributed by atoms with Crippen molar-refractivity contribution in [3.63, 3.8) is 0 Å². The van der Waals surface area contributed by atoms with Crippen LogP contribution in [0.4, 0.5) is 0 Å². The highest BCUT2D eigenvalue weighted by molar-refractivity contribution is 6.30. The van der Waals surface area contributed by atoms with Crippen LogP contribution in [-0.4, -0.2) is 55.0 Å². The summed E-state index contributed by atoms with van der Waals surface area (Å²) < 4.78 is 5.03. The second kappa shape index (κ2) is 8.76. The number of piperazine rings is 1.